The first-order chi connectivity index (χ1) is 10.2. The second-order valence-corrected chi connectivity index (χ2v) is 6.25. The number of thioether (sulfide) groups is 1. The summed E-state index contributed by atoms with van der Waals surface area (Å²) < 4.78 is 0. The molecule has 0 aliphatic carbocycles. The van der Waals surface area contributed by atoms with E-state index in [1.165, 1.54) is 37.1 Å². The molecule has 5 heteroatoms. The maximum absolute atomic E-state index is 11.8. The molecule has 21 heavy (non-hydrogen) atoms. The third-order valence-electron chi connectivity index (χ3n) is 3.21. The van der Waals surface area contributed by atoms with Crippen molar-refractivity contribution < 1.29 is 4.79 Å². The quantitative estimate of drug-likeness (QED) is 0.384. The molecule has 0 saturated carbocycles. The normalized spacial score (nSPS) is 10.8. The molecule has 0 bridgehead atoms. The number of ketones is 1. The number of carbonyl (C=O) groups is 1. The second-order valence-electron chi connectivity index (χ2n) is 5.28. The van der Waals surface area contributed by atoms with Crippen LogP contribution >= 0.6 is 11.8 Å². The van der Waals surface area contributed by atoms with Gasteiger partial charge >= 0.3 is 0 Å². The van der Waals surface area contributed by atoms with Crippen LogP contribution in [0.2, 0.25) is 0 Å². The Morgan fingerprint density at radius 2 is 1.95 bits per heavy atom. The molecule has 1 N–H and O–H groups in total. The van der Waals surface area contributed by atoms with E-state index in [1.54, 1.807) is 0 Å². The number of rotatable bonds is 11. The van der Waals surface area contributed by atoms with Gasteiger partial charge < -0.3 is 4.98 Å². The van der Waals surface area contributed by atoms with E-state index >= 15 is 0 Å². The number of aromatic nitrogens is 2. The summed E-state index contributed by atoms with van der Waals surface area (Å²) in [6.07, 6.45) is 8.17. The van der Waals surface area contributed by atoms with E-state index in [-0.39, 0.29) is 11.3 Å². The molecule has 1 aromatic rings. The fourth-order valence-electron chi connectivity index (χ4n) is 2.08. The molecule has 4 nitrogen and oxygen atoms in total. The highest BCUT2D eigenvalue weighted by Gasteiger charge is 2.06. The third-order valence-corrected chi connectivity index (χ3v) is 4.14. The lowest BCUT2D eigenvalue weighted by molar-refractivity contribution is -0.116. The summed E-state index contributed by atoms with van der Waals surface area (Å²) in [5.74, 6) is 0.631. The van der Waals surface area contributed by atoms with Crippen molar-refractivity contribution in [3.05, 3.63) is 22.1 Å². The maximum atomic E-state index is 11.8. The molecule has 1 rings (SSSR count). The Bertz CT molecular complexity index is 485. The van der Waals surface area contributed by atoms with Crippen molar-refractivity contribution in [3.63, 3.8) is 0 Å². The highest BCUT2D eigenvalue weighted by Crippen LogP contribution is 2.14. The van der Waals surface area contributed by atoms with Gasteiger partial charge in [-0.15, -0.1) is 0 Å². The lowest BCUT2D eigenvalue weighted by Crippen LogP contribution is -2.11. The number of nitrogens with one attached hydrogen (secondary N) is 1. The largest absolute Gasteiger partial charge is 0.301 e. The molecule has 1 aromatic heterocycles. The van der Waals surface area contributed by atoms with Crippen LogP contribution < -0.4 is 5.56 Å². The van der Waals surface area contributed by atoms with Gasteiger partial charge in [-0.25, -0.2) is 4.98 Å². The van der Waals surface area contributed by atoms with Crippen LogP contribution in [0.5, 0.6) is 0 Å². The average molecular weight is 310 g/mol. The van der Waals surface area contributed by atoms with Gasteiger partial charge in [0, 0.05) is 18.2 Å². The molecule has 0 aromatic carbocycles. The molecule has 0 spiro atoms. The number of nitrogens with zero attached hydrogens (tertiary/aromatic N) is 1. The number of carbonyl (C=O) groups excluding carboxylic acids is 1. The van der Waals surface area contributed by atoms with Gasteiger partial charge in [-0.3, -0.25) is 9.59 Å². The van der Waals surface area contributed by atoms with Gasteiger partial charge in [0.05, 0.1) is 5.75 Å². The first-order valence-electron chi connectivity index (χ1n) is 7.90. The predicted octanol–water partition coefficient (Wildman–Crippen LogP) is 3.74. The van der Waals surface area contributed by atoms with E-state index in [2.05, 4.69) is 23.8 Å². The van der Waals surface area contributed by atoms with E-state index in [4.69, 9.17) is 0 Å². The summed E-state index contributed by atoms with van der Waals surface area (Å²) in [5.41, 5.74) is 0.665. The second kappa shape index (κ2) is 10.6. The number of aryl methyl sites for hydroxylation is 1. The summed E-state index contributed by atoms with van der Waals surface area (Å²) in [4.78, 5) is 30.4. The van der Waals surface area contributed by atoms with Gasteiger partial charge in [-0.2, -0.15) is 0 Å². The molecule has 0 amide bonds. The van der Waals surface area contributed by atoms with E-state index in [0.29, 0.717) is 17.3 Å². The Morgan fingerprint density at radius 3 is 2.67 bits per heavy atom. The molecule has 0 atom stereocenters. The van der Waals surface area contributed by atoms with Crippen LogP contribution in [0.4, 0.5) is 0 Å². The number of H-pyrrole nitrogens is 1. The number of unbranched alkanes of at least 4 members (excludes halogenated alkanes) is 4. The maximum Gasteiger partial charge on any atom is 0.251 e. The fraction of sp³-hybridized carbons (Fsp3) is 0.688. The van der Waals surface area contributed by atoms with Crippen molar-refractivity contribution in [2.24, 2.45) is 0 Å². The van der Waals surface area contributed by atoms with Gasteiger partial charge in [0.15, 0.2) is 5.16 Å². The van der Waals surface area contributed by atoms with Crippen molar-refractivity contribution in [2.45, 2.75) is 70.4 Å². The molecule has 118 valence electrons. The van der Waals surface area contributed by atoms with Crippen LogP contribution in [-0.2, 0) is 11.2 Å². The molecule has 1 heterocycles. The summed E-state index contributed by atoms with van der Waals surface area (Å²) >= 11 is 1.33. The zero-order valence-corrected chi connectivity index (χ0v) is 13.9. The molecule has 0 fully saturated rings. The molecule has 0 radical (unpaired) electrons. The van der Waals surface area contributed by atoms with Crippen LogP contribution in [0.1, 0.15) is 64.5 Å². The smallest absolute Gasteiger partial charge is 0.251 e. The van der Waals surface area contributed by atoms with Crippen LogP contribution in [-0.4, -0.2) is 21.5 Å². The highest BCUT2D eigenvalue weighted by molar-refractivity contribution is 7.99. The molecule has 0 saturated heterocycles. The Morgan fingerprint density at radius 1 is 1.19 bits per heavy atom. The van der Waals surface area contributed by atoms with Crippen LogP contribution in [0.15, 0.2) is 16.0 Å². The number of Topliss-reactive ketones (excluding diaryl/α,β-unsaturated/α-hetero) is 1. The number of hydrogen-bond donors (Lipinski definition) is 1. The van der Waals surface area contributed by atoms with Crippen LogP contribution in [0.25, 0.3) is 0 Å². The molecule has 0 unspecified atom stereocenters. The fourth-order valence-corrected chi connectivity index (χ4v) is 2.88. The Kier molecular flexibility index (Phi) is 9.06. The summed E-state index contributed by atoms with van der Waals surface area (Å²) in [6, 6.07) is 1.53. The third kappa shape index (κ3) is 8.05. The molecule has 0 aliphatic heterocycles. The van der Waals surface area contributed by atoms with Crippen molar-refractivity contribution in [2.75, 3.05) is 5.75 Å². The van der Waals surface area contributed by atoms with Gasteiger partial charge in [0.2, 0.25) is 0 Å². The van der Waals surface area contributed by atoms with Crippen molar-refractivity contribution >= 4 is 17.5 Å². The predicted molar refractivity (Wildman–Crippen MR) is 88.0 cm³/mol. The zero-order valence-electron chi connectivity index (χ0n) is 13.1. The molecular weight excluding hydrogens is 284 g/mol. The minimum atomic E-state index is -0.136. The average Bonchev–Trinajstić information content (AvgIpc) is 2.45. The first-order valence-corrected chi connectivity index (χ1v) is 8.89. The topological polar surface area (TPSA) is 62.8 Å². The van der Waals surface area contributed by atoms with E-state index in [1.807, 2.05) is 0 Å². The minimum Gasteiger partial charge on any atom is -0.301 e. The van der Waals surface area contributed by atoms with E-state index < -0.39 is 0 Å². The van der Waals surface area contributed by atoms with E-state index in [0.717, 1.165) is 31.4 Å². The summed E-state index contributed by atoms with van der Waals surface area (Å²) in [7, 11) is 0. The van der Waals surface area contributed by atoms with Crippen LogP contribution in [0.3, 0.4) is 0 Å². The molecular formula is C16H26N2O2S. The molecule has 0 aliphatic rings. The lowest BCUT2D eigenvalue weighted by atomic mass is 10.1. The van der Waals surface area contributed by atoms with Gasteiger partial charge in [0.25, 0.3) is 5.56 Å². The monoisotopic (exact) mass is 310 g/mol. The van der Waals surface area contributed by atoms with Gasteiger partial charge in [-0.05, 0) is 12.8 Å². The lowest BCUT2D eigenvalue weighted by Gasteiger charge is -2.03. The van der Waals surface area contributed by atoms with Gasteiger partial charge in [-0.1, -0.05) is 57.7 Å². The number of hydrogen-bond acceptors (Lipinski definition) is 4. The van der Waals surface area contributed by atoms with E-state index in [9.17, 15) is 9.59 Å². The Hall–Kier alpha value is -1.10. The van der Waals surface area contributed by atoms with Crippen molar-refractivity contribution in [1.82, 2.24) is 9.97 Å². The van der Waals surface area contributed by atoms with Crippen molar-refractivity contribution in [1.29, 1.82) is 0 Å². The Labute approximate surface area is 131 Å². The van der Waals surface area contributed by atoms with Crippen molar-refractivity contribution in [3.8, 4) is 0 Å². The summed E-state index contributed by atoms with van der Waals surface area (Å²) in [6.45, 7) is 4.24. The minimum absolute atomic E-state index is 0.136. The standard InChI is InChI=1S/C16H26N2O2S/c1-3-5-6-7-8-10-14(19)12-21-16-17-13(9-4-2)11-15(20)18-16/h11H,3-10,12H2,1-2H3,(H,17,18,20). The SMILES string of the molecule is CCCCCCCC(=O)CSc1nc(CCC)cc(=O)[nH]1. The Balaban J connectivity index is 2.33. The highest BCUT2D eigenvalue weighted by atomic mass is 32.2. The number of aromatic amines is 1. The zero-order chi connectivity index (χ0) is 15.5. The van der Waals surface area contributed by atoms with Gasteiger partial charge in [0.1, 0.15) is 5.78 Å². The van der Waals surface area contributed by atoms with Crippen LogP contribution in [0, 0.1) is 0 Å². The first kappa shape index (κ1) is 18.0. The summed E-state index contributed by atoms with van der Waals surface area (Å²) in [5, 5.41) is 0.560.